The van der Waals surface area contributed by atoms with Crippen LogP contribution in [0, 0.1) is 0 Å². The lowest BCUT2D eigenvalue weighted by molar-refractivity contribution is 0.193. The maximum atomic E-state index is 5.41. The minimum Gasteiger partial charge on any atom is -0.475 e. The van der Waals surface area contributed by atoms with Crippen molar-refractivity contribution in [1.82, 2.24) is 0 Å². The smallest absolute Gasteiger partial charge is 0.250 e. The van der Waals surface area contributed by atoms with Gasteiger partial charge in [0.05, 0.1) is 6.61 Å². The quantitative estimate of drug-likeness (QED) is 0.247. The molecule has 0 atom stereocenters. The lowest BCUT2D eigenvalue weighted by Gasteiger charge is -2.02. The Morgan fingerprint density at radius 1 is 1.35 bits per heavy atom. The zero-order chi connectivity index (χ0) is 12.3. The average molecular weight is 231 g/mol. The van der Waals surface area contributed by atoms with E-state index in [-0.39, 0.29) is 0 Å². The predicted octanol–water partition coefficient (Wildman–Crippen LogP) is 3.25. The summed E-state index contributed by atoms with van der Waals surface area (Å²) in [5, 5.41) is 3.78. The molecule has 0 bridgehead atoms. The largest absolute Gasteiger partial charge is 0.475 e. The van der Waals surface area contributed by atoms with Gasteiger partial charge in [0.2, 0.25) is 5.90 Å². The molecule has 0 spiro atoms. The van der Waals surface area contributed by atoms with Crippen molar-refractivity contribution in [3.05, 3.63) is 54.6 Å². The first kappa shape index (κ1) is 13.0. The van der Waals surface area contributed by atoms with Crippen LogP contribution in [0.2, 0.25) is 0 Å². The minimum absolute atomic E-state index is 0.457. The highest BCUT2D eigenvalue weighted by atomic mass is 16.6. The predicted molar refractivity (Wildman–Crippen MR) is 70.7 cm³/mol. The van der Waals surface area contributed by atoms with E-state index in [0.29, 0.717) is 12.5 Å². The topological polar surface area (TPSA) is 30.8 Å². The molecule has 1 aromatic rings. The minimum atomic E-state index is 0.457. The van der Waals surface area contributed by atoms with Gasteiger partial charge in [0.1, 0.15) is 7.11 Å². The van der Waals surface area contributed by atoms with E-state index in [1.807, 2.05) is 36.4 Å². The van der Waals surface area contributed by atoms with Crippen LogP contribution in [0.15, 0.2) is 54.2 Å². The van der Waals surface area contributed by atoms with Crippen LogP contribution in [0.1, 0.15) is 12.0 Å². The molecule has 0 amide bonds. The number of rotatable bonds is 6. The fourth-order valence-electron chi connectivity index (χ4n) is 1.17. The highest BCUT2D eigenvalue weighted by Gasteiger charge is 1.95. The van der Waals surface area contributed by atoms with Crippen molar-refractivity contribution in [3.63, 3.8) is 0 Å². The van der Waals surface area contributed by atoms with Crippen LogP contribution >= 0.6 is 0 Å². The molecule has 3 heteroatoms. The number of ether oxygens (including phenoxy) is 1. The van der Waals surface area contributed by atoms with Gasteiger partial charge in [-0.3, -0.25) is 0 Å². The molecular formula is C14H17NO2. The van der Waals surface area contributed by atoms with Gasteiger partial charge >= 0.3 is 0 Å². The molecule has 0 aliphatic carbocycles. The van der Waals surface area contributed by atoms with Gasteiger partial charge in [0.15, 0.2) is 0 Å². The van der Waals surface area contributed by atoms with Gasteiger partial charge in [0, 0.05) is 6.08 Å². The standard InChI is InChI=1S/C14H17NO2/c1-3-4-12-17-14(15-16-2)11-10-13-8-6-5-7-9-13/h3,5-11H,1,4,12H2,2H3/b11-10+,15-14+. The second-order valence-electron chi connectivity index (χ2n) is 3.28. The number of nitrogens with zero attached hydrogens (tertiary/aromatic N) is 1. The fourth-order valence-corrected chi connectivity index (χ4v) is 1.17. The first-order chi connectivity index (χ1) is 8.36. The van der Waals surface area contributed by atoms with E-state index < -0.39 is 0 Å². The van der Waals surface area contributed by atoms with Crippen LogP contribution in [0.5, 0.6) is 0 Å². The Morgan fingerprint density at radius 2 is 2.12 bits per heavy atom. The van der Waals surface area contributed by atoms with Crippen molar-refractivity contribution in [2.75, 3.05) is 13.7 Å². The maximum absolute atomic E-state index is 5.41. The molecule has 1 aromatic carbocycles. The van der Waals surface area contributed by atoms with E-state index in [0.717, 1.165) is 12.0 Å². The molecule has 0 N–H and O–H groups in total. The first-order valence-electron chi connectivity index (χ1n) is 5.45. The molecule has 0 fully saturated rings. The van der Waals surface area contributed by atoms with Gasteiger partial charge in [-0.25, -0.2) is 0 Å². The van der Waals surface area contributed by atoms with E-state index in [1.165, 1.54) is 7.11 Å². The lowest BCUT2D eigenvalue weighted by Crippen LogP contribution is -2.03. The molecule has 17 heavy (non-hydrogen) atoms. The van der Waals surface area contributed by atoms with E-state index in [2.05, 4.69) is 11.7 Å². The summed E-state index contributed by atoms with van der Waals surface area (Å²) in [7, 11) is 1.49. The zero-order valence-electron chi connectivity index (χ0n) is 10.0. The van der Waals surface area contributed by atoms with Crippen molar-refractivity contribution in [2.24, 2.45) is 5.16 Å². The van der Waals surface area contributed by atoms with Crippen LogP contribution in [0.4, 0.5) is 0 Å². The molecular weight excluding hydrogens is 214 g/mol. The zero-order valence-corrected chi connectivity index (χ0v) is 10.0. The molecule has 1 rings (SSSR count). The Labute approximate surface area is 102 Å². The van der Waals surface area contributed by atoms with Crippen molar-refractivity contribution in [1.29, 1.82) is 0 Å². The molecule has 0 saturated heterocycles. The van der Waals surface area contributed by atoms with Crippen LogP contribution < -0.4 is 0 Å². The van der Waals surface area contributed by atoms with E-state index in [1.54, 1.807) is 12.2 Å². The molecule has 3 nitrogen and oxygen atoms in total. The van der Waals surface area contributed by atoms with Crippen LogP contribution in [-0.2, 0) is 9.57 Å². The molecule has 0 heterocycles. The number of hydrogen-bond acceptors (Lipinski definition) is 3. The lowest BCUT2D eigenvalue weighted by atomic mass is 10.2. The summed E-state index contributed by atoms with van der Waals surface area (Å²) in [6.07, 6.45) is 6.28. The van der Waals surface area contributed by atoms with Crippen molar-refractivity contribution in [2.45, 2.75) is 6.42 Å². The van der Waals surface area contributed by atoms with Crippen molar-refractivity contribution in [3.8, 4) is 0 Å². The van der Waals surface area contributed by atoms with Crippen molar-refractivity contribution < 1.29 is 9.57 Å². The third-order valence-corrected chi connectivity index (χ3v) is 1.97. The van der Waals surface area contributed by atoms with Gasteiger partial charge in [-0.1, -0.05) is 36.4 Å². The molecule has 90 valence electrons. The SMILES string of the molecule is C=CCCOC(/C=C/c1ccccc1)=N/OC. The van der Waals surface area contributed by atoms with Gasteiger partial charge in [-0.15, -0.1) is 6.58 Å². The Balaban J connectivity index is 2.57. The second kappa shape index (κ2) is 8.16. The summed E-state index contributed by atoms with van der Waals surface area (Å²) in [5.74, 6) is 0.457. The van der Waals surface area contributed by atoms with Gasteiger partial charge in [0.25, 0.3) is 0 Å². The highest BCUT2D eigenvalue weighted by molar-refractivity contribution is 5.91. The fraction of sp³-hybridized carbons (Fsp3) is 0.214. The summed E-state index contributed by atoms with van der Waals surface area (Å²) in [4.78, 5) is 4.71. The molecule has 0 aromatic heterocycles. The Kier molecular flexibility index (Phi) is 6.26. The Morgan fingerprint density at radius 3 is 2.76 bits per heavy atom. The van der Waals surface area contributed by atoms with Gasteiger partial charge in [-0.05, 0) is 23.2 Å². The Hall–Kier alpha value is -2.03. The highest BCUT2D eigenvalue weighted by Crippen LogP contribution is 2.02. The summed E-state index contributed by atoms with van der Waals surface area (Å²) >= 11 is 0. The van der Waals surface area contributed by atoms with E-state index >= 15 is 0 Å². The molecule has 0 aliphatic heterocycles. The monoisotopic (exact) mass is 231 g/mol. The third-order valence-electron chi connectivity index (χ3n) is 1.97. The number of oxime groups is 1. The van der Waals surface area contributed by atoms with Crippen LogP contribution in [-0.4, -0.2) is 19.6 Å². The maximum Gasteiger partial charge on any atom is 0.250 e. The average Bonchev–Trinajstić information content (AvgIpc) is 2.37. The summed E-state index contributed by atoms with van der Waals surface area (Å²) in [6, 6.07) is 9.94. The van der Waals surface area contributed by atoms with Crippen LogP contribution in [0.3, 0.4) is 0 Å². The Bertz CT molecular complexity index is 382. The normalized spacial score (nSPS) is 11.5. The second-order valence-corrected chi connectivity index (χ2v) is 3.28. The molecule has 0 aliphatic rings. The van der Waals surface area contributed by atoms with Gasteiger partial charge in [-0.2, -0.15) is 0 Å². The molecule has 0 saturated carbocycles. The molecule has 0 unspecified atom stereocenters. The van der Waals surface area contributed by atoms with E-state index in [9.17, 15) is 0 Å². The number of hydrogen-bond donors (Lipinski definition) is 0. The van der Waals surface area contributed by atoms with Crippen LogP contribution in [0.25, 0.3) is 6.08 Å². The number of benzene rings is 1. The third kappa shape index (κ3) is 5.56. The first-order valence-corrected chi connectivity index (χ1v) is 5.45. The van der Waals surface area contributed by atoms with Crippen molar-refractivity contribution >= 4 is 12.0 Å². The molecule has 0 radical (unpaired) electrons. The summed E-state index contributed by atoms with van der Waals surface area (Å²) in [6.45, 7) is 4.17. The summed E-state index contributed by atoms with van der Waals surface area (Å²) in [5.41, 5.74) is 1.09. The summed E-state index contributed by atoms with van der Waals surface area (Å²) < 4.78 is 5.41. The van der Waals surface area contributed by atoms with Gasteiger partial charge < -0.3 is 9.57 Å². The van der Waals surface area contributed by atoms with E-state index in [4.69, 9.17) is 9.57 Å².